The number of likely N-dealkylation sites (N-methyl/N-ethyl adjacent to an activating group) is 2. The minimum Gasteiger partial charge on any atom is -0.510 e. The number of nitrogens with two attached hydrogens (primary N) is 1. The number of fused-ring (bicyclic) bond motifs is 3. The fourth-order valence-electron chi connectivity index (χ4n) is 6.38. The van der Waals surface area contributed by atoms with Crippen LogP contribution in [0.25, 0.3) is 0 Å². The number of aromatic hydroxyl groups is 1. The summed E-state index contributed by atoms with van der Waals surface area (Å²) in [6.07, 6.45) is 0.171. The first kappa shape index (κ1) is 30.0. The summed E-state index contributed by atoms with van der Waals surface area (Å²) in [5, 5.41) is 50.9. The molecule has 0 saturated carbocycles. The number of nitrogens with one attached hydrogen (secondary N) is 2. The van der Waals surface area contributed by atoms with E-state index in [0.29, 0.717) is 17.8 Å². The number of amides is 2. The van der Waals surface area contributed by atoms with Gasteiger partial charge in [-0.15, -0.1) is 0 Å². The van der Waals surface area contributed by atoms with Crippen molar-refractivity contribution in [2.45, 2.75) is 38.0 Å². The molecule has 0 aliphatic heterocycles. The average molecular weight is 572 g/mol. The molecule has 13 heteroatoms. The number of aliphatic hydroxyl groups is 3. The number of aliphatic hydroxyl groups excluding tert-OH is 2. The maximum absolute atomic E-state index is 14.0. The van der Waals surface area contributed by atoms with E-state index in [1.165, 1.54) is 4.90 Å². The molecule has 0 heterocycles. The zero-order valence-electron chi connectivity index (χ0n) is 23.7. The first-order valence-electron chi connectivity index (χ1n) is 13.4. The van der Waals surface area contributed by atoms with Gasteiger partial charge in [-0.05, 0) is 51.0 Å². The number of primary amides is 1. The van der Waals surface area contributed by atoms with Crippen LogP contribution < -0.4 is 21.3 Å². The van der Waals surface area contributed by atoms with Crippen LogP contribution in [-0.2, 0) is 27.3 Å². The Bertz CT molecular complexity index is 1400. The van der Waals surface area contributed by atoms with Crippen LogP contribution in [0.3, 0.4) is 0 Å². The molecular weight excluding hydrogens is 534 g/mol. The number of hydrogen-bond donors (Lipinski definition) is 7. The number of anilines is 1. The van der Waals surface area contributed by atoms with Gasteiger partial charge in [0.15, 0.2) is 11.4 Å². The van der Waals surface area contributed by atoms with E-state index >= 15 is 0 Å². The van der Waals surface area contributed by atoms with Crippen LogP contribution in [0.4, 0.5) is 5.69 Å². The van der Waals surface area contributed by atoms with E-state index in [-0.39, 0.29) is 54.3 Å². The number of phenolic OH excluding ortho intramolecular Hbond substituents is 1. The van der Waals surface area contributed by atoms with Gasteiger partial charge in [-0.2, -0.15) is 0 Å². The Labute approximate surface area is 237 Å². The highest BCUT2D eigenvalue weighted by molar-refractivity contribution is 6.25. The molecule has 3 aliphatic carbocycles. The predicted molar refractivity (Wildman–Crippen MR) is 148 cm³/mol. The Kier molecular flexibility index (Phi) is 7.91. The summed E-state index contributed by atoms with van der Waals surface area (Å²) in [5.41, 5.74) is 2.86. The Morgan fingerprint density at radius 3 is 2.37 bits per heavy atom. The molecule has 41 heavy (non-hydrogen) atoms. The second-order valence-corrected chi connectivity index (χ2v) is 11.2. The van der Waals surface area contributed by atoms with Crippen molar-refractivity contribution in [1.82, 2.24) is 15.5 Å². The van der Waals surface area contributed by atoms with E-state index in [9.17, 15) is 39.6 Å². The number of Topliss-reactive ketones (excluding diaryl/α,β-unsaturated/α-hetero) is 2. The molecule has 1 aromatic carbocycles. The van der Waals surface area contributed by atoms with E-state index in [2.05, 4.69) is 10.6 Å². The Morgan fingerprint density at radius 1 is 1.15 bits per heavy atom. The molecule has 222 valence electrons. The molecule has 0 bridgehead atoms. The normalized spacial score (nSPS) is 25.6. The topological polar surface area (TPSA) is 206 Å². The van der Waals surface area contributed by atoms with Crippen LogP contribution >= 0.6 is 0 Å². The van der Waals surface area contributed by atoms with Crippen LogP contribution in [0, 0.1) is 11.8 Å². The summed E-state index contributed by atoms with van der Waals surface area (Å²) in [6.45, 7) is 2.45. The van der Waals surface area contributed by atoms with Gasteiger partial charge >= 0.3 is 0 Å². The first-order chi connectivity index (χ1) is 19.2. The lowest BCUT2D eigenvalue weighted by Gasteiger charge is -2.50. The second-order valence-electron chi connectivity index (χ2n) is 11.2. The third-order valence-electron chi connectivity index (χ3n) is 8.27. The van der Waals surface area contributed by atoms with Gasteiger partial charge in [0.25, 0.3) is 5.91 Å². The molecule has 3 aliphatic rings. The SMILES string of the molecule is CCNCC(=O)NCc1cc(N(C)C)c2c(c1O)C(=O)C1=C(O)[C@]3(O)C(=O)C(C(N)=O)=C(O)C(N(C)C)[C@H]3C[C@@H]1C2. The van der Waals surface area contributed by atoms with Gasteiger partial charge in [0.1, 0.15) is 22.8 Å². The van der Waals surface area contributed by atoms with Crippen molar-refractivity contribution < 1.29 is 39.6 Å². The van der Waals surface area contributed by atoms with Gasteiger partial charge in [0, 0.05) is 43.4 Å². The van der Waals surface area contributed by atoms with Crippen molar-refractivity contribution in [2.24, 2.45) is 17.6 Å². The number of carbonyl (C=O) groups is 4. The molecule has 13 nitrogen and oxygen atoms in total. The van der Waals surface area contributed by atoms with Crippen molar-refractivity contribution in [3.8, 4) is 5.75 Å². The fourth-order valence-corrected chi connectivity index (χ4v) is 6.38. The zero-order valence-corrected chi connectivity index (χ0v) is 23.7. The predicted octanol–water partition coefficient (Wildman–Crippen LogP) is -0.588. The average Bonchev–Trinajstić information content (AvgIpc) is 2.88. The van der Waals surface area contributed by atoms with Crippen LogP contribution in [0.5, 0.6) is 5.75 Å². The summed E-state index contributed by atoms with van der Waals surface area (Å²) >= 11 is 0. The number of nitrogens with zero attached hydrogens (tertiary/aromatic N) is 2. The van der Waals surface area contributed by atoms with E-state index in [4.69, 9.17) is 5.73 Å². The van der Waals surface area contributed by atoms with Crippen molar-refractivity contribution in [2.75, 3.05) is 46.2 Å². The highest BCUT2D eigenvalue weighted by atomic mass is 16.3. The molecular formula is C28H37N5O8. The van der Waals surface area contributed by atoms with Gasteiger partial charge in [-0.1, -0.05) is 6.92 Å². The smallest absolute Gasteiger partial charge is 0.255 e. The number of allylic oxidation sites excluding steroid dienone is 1. The second kappa shape index (κ2) is 10.8. The molecule has 2 amide bonds. The first-order valence-corrected chi connectivity index (χ1v) is 13.4. The molecule has 0 saturated heterocycles. The van der Waals surface area contributed by atoms with Crippen LogP contribution in [-0.4, -0.2) is 102 Å². The van der Waals surface area contributed by atoms with E-state index in [1.54, 1.807) is 39.2 Å². The van der Waals surface area contributed by atoms with Crippen molar-refractivity contribution >= 4 is 29.1 Å². The van der Waals surface area contributed by atoms with Crippen molar-refractivity contribution in [3.05, 3.63) is 45.4 Å². The number of carbonyl (C=O) groups excluding carboxylic acids is 4. The summed E-state index contributed by atoms with van der Waals surface area (Å²) in [4.78, 5) is 55.1. The lowest BCUT2D eigenvalue weighted by atomic mass is 9.58. The Morgan fingerprint density at radius 2 is 1.80 bits per heavy atom. The van der Waals surface area contributed by atoms with Gasteiger partial charge < -0.3 is 41.7 Å². The molecule has 1 aromatic rings. The lowest BCUT2D eigenvalue weighted by Crippen LogP contribution is -2.63. The number of hydrogen-bond acceptors (Lipinski definition) is 11. The van der Waals surface area contributed by atoms with Crippen LogP contribution in [0.1, 0.15) is 34.8 Å². The maximum atomic E-state index is 14.0. The van der Waals surface area contributed by atoms with Crippen molar-refractivity contribution in [3.63, 3.8) is 0 Å². The van der Waals surface area contributed by atoms with Gasteiger partial charge in [0.2, 0.25) is 11.7 Å². The summed E-state index contributed by atoms with van der Waals surface area (Å²) < 4.78 is 0. The standard InChI is InChI=1S/C28H37N5O8/c1-6-30-11-17(34)31-10-13-9-16(32(2)3)14-7-12-8-15-21(33(4)5)24(37)20(27(29)40)26(39)28(15,41)25(38)18(12)23(36)19(14)22(13)35/h9,12,15,21,30,35,37-38,41H,6-8,10-11H2,1-5H3,(H2,29,40)(H,31,34)/t12-,15+,21?,28-/m0/s1. The number of benzene rings is 1. The summed E-state index contributed by atoms with van der Waals surface area (Å²) in [5.74, 6) is -7.36. The monoisotopic (exact) mass is 571 g/mol. The van der Waals surface area contributed by atoms with E-state index in [0.717, 1.165) is 0 Å². The molecule has 0 aromatic heterocycles. The molecule has 4 rings (SSSR count). The Balaban J connectivity index is 1.87. The summed E-state index contributed by atoms with van der Waals surface area (Å²) in [6, 6.07) is 0.624. The van der Waals surface area contributed by atoms with E-state index in [1.807, 2.05) is 6.92 Å². The highest BCUT2D eigenvalue weighted by Crippen LogP contribution is 2.53. The van der Waals surface area contributed by atoms with Gasteiger partial charge in [-0.3, -0.25) is 24.1 Å². The minimum absolute atomic E-state index is 0.00162. The quantitative estimate of drug-likeness (QED) is 0.196. The van der Waals surface area contributed by atoms with Crippen LogP contribution in [0.2, 0.25) is 0 Å². The van der Waals surface area contributed by atoms with Crippen molar-refractivity contribution in [1.29, 1.82) is 0 Å². The van der Waals surface area contributed by atoms with Gasteiger partial charge in [0.05, 0.1) is 18.2 Å². The molecule has 0 fully saturated rings. The number of phenols is 1. The van der Waals surface area contributed by atoms with Gasteiger partial charge in [-0.25, -0.2) is 0 Å². The zero-order chi connectivity index (χ0) is 30.5. The third kappa shape index (κ3) is 4.63. The molecule has 4 atom stereocenters. The summed E-state index contributed by atoms with van der Waals surface area (Å²) in [7, 11) is 6.69. The van der Waals surface area contributed by atoms with E-state index < -0.39 is 58.0 Å². The maximum Gasteiger partial charge on any atom is 0.255 e. The largest absolute Gasteiger partial charge is 0.510 e. The Hall–Kier alpha value is -3.94. The fraction of sp³-hybridized carbons (Fsp3) is 0.500. The lowest BCUT2D eigenvalue weighted by molar-refractivity contribution is -0.148. The molecule has 0 radical (unpaired) electrons. The molecule has 1 unspecified atom stereocenters. The minimum atomic E-state index is -2.71. The molecule has 8 N–H and O–H groups in total. The highest BCUT2D eigenvalue weighted by Gasteiger charge is 2.63. The van der Waals surface area contributed by atoms with Crippen LogP contribution in [0.15, 0.2) is 28.7 Å². The number of ketones is 2. The number of rotatable bonds is 8. The molecule has 0 spiro atoms. The third-order valence-corrected chi connectivity index (χ3v) is 8.27.